The molecule has 2 heterocycles. The first-order valence-electron chi connectivity index (χ1n) is 9.03. The van der Waals surface area contributed by atoms with E-state index in [1.165, 1.54) is 19.4 Å². The number of rotatable bonds is 4. The minimum Gasteiger partial charge on any atom is -0.493 e. The molecule has 1 aromatic carbocycles. The van der Waals surface area contributed by atoms with Gasteiger partial charge in [-0.05, 0) is 50.6 Å². The number of nitrogens with zero attached hydrogens (tertiary/aromatic N) is 1. The molecule has 2 saturated heterocycles. The maximum atomic E-state index is 5.76. The molecule has 0 aromatic heterocycles. The highest BCUT2D eigenvalue weighted by Gasteiger charge is 2.34. The highest BCUT2D eigenvalue weighted by Crippen LogP contribution is 2.48. The second-order valence-corrected chi connectivity index (χ2v) is 7.67. The van der Waals surface area contributed by atoms with E-state index in [1.54, 1.807) is 14.2 Å². The molecule has 0 spiro atoms. The second kappa shape index (κ2) is 9.56. The van der Waals surface area contributed by atoms with E-state index >= 15 is 0 Å². The van der Waals surface area contributed by atoms with E-state index in [2.05, 4.69) is 18.0 Å². The molecule has 7 heteroatoms. The lowest BCUT2D eigenvalue weighted by atomic mass is 9.89. The van der Waals surface area contributed by atoms with E-state index in [9.17, 15) is 0 Å². The average molecular weight is 381 g/mol. The van der Waals surface area contributed by atoms with Crippen LogP contribution in [-0.2, 0) is 13.6 Å². The normalized spacial score (nSPS) is 25.7. The van der Waals surface area contributed by atoms with Crippen molar-refractivity contribution in [3.05, 3.63) is 36.1 Å². The summed E-state index contributed by atoms with van der Waals surface area (Å²) in [4.78, 5) is 2.41. The van der Waals surface area contributed by atoms with Gasteiger partial charge >= 0.3 is 8.60 Å². The molecule has 2 fully saturated rings. The maximum absolute atomic E-state index is 5.76. The van der Waals surface area contributed by atoms with Crippen molar-refractivity contribution >= 4 is 8.60 Å². The van der Waals surface area contributed by atoms with Crippen molar-refractivity contribution in [3.8, 4) is 11.5 Å². The lowest BCUT2D eigenvalue weighted by Gasteiger charge is -2.28. The van der Waals surface area contributed by atoms with Crippen molar-refractivity contribution in [2.45, 2.75) is 25.3 Å². The molecule has 4 rings (SSSR count). The smallest absolute Gasteiger partial charge is 0.397 e. The molecule has 3 aliphatic rings. The molecular weight excluding hydrogens is 353 g/mol. The van der Waals surface area contributed by atoms with Crippen LogP contribution in [0.2, 0.25) is 0 Å². The fraction of sp³-hybridized carbons (Fsp3) is 0.579. The van der Waals surface area contributed by atoms with E-state index in [1.807, 2.05) is 24.3 Å². The van der Waals surface area contributed by atoms with Crippen molar-refractivity contribution in [2.75, 3.05) is 41.0 Å². The number of methoxy groups -OCH3 is 2. The predicted octanol–water partition coefficient (Wildman–Crippen LogP) is 3.98. The highest BCUT2D eigenvalue weighted by molar-refractivity contribution is 7.42. The largest absolute Gasteiger partial charge is 0.493 e. The van der Waals surface area contributed by atoms with Crippen LogP contribution in [0.5, 0.6) is 11.5 Å². The molecule has 2 atom stereocenters. The molecule has 26 heavy (non-hydrogen) atoms. The summed E-state index contributed by atoms with van der Waals surface area (Å²) in [6.45, 7) is 2.55. The van der Waals surface area contributed by atoms with Crippen LogP contribution in [0.25, 0.3) is 0 Å². The average Bonchev–Trinajstić information content (AvgIpc) is 3.32. The summed E-state index contributed by atoms with van der Waals surface area (Å²) >= 11 is 0. The van der Waals surface area contributed by atoms with Crippen LogP contribution in [0.4, 0.5) is 0 Å². The summed E-state index contributed by atoms with van der Waals surface area (Å²) in [5.74, 6) is 3.44. The summed E-state index contributed by atoms with van der Waals surface area (Å²) in [7, 11) is 4.35. The Morgan fingerprint density at radius 1 is 1.04 bits per heavy atom. The number of hydrogen-bond acceptors (Lipinski definition) is 6. The van der Waals surface area contributed by atoms with Gasteiger partial charge in [0.15, 0.2) is 11.5 Å². The molecule has 0 amide bonds. The molecule has 2 unspecified atom stereocenters. The number of likely N-dealkylation sites (tertiary alicyclic amines) is 1. The molecular formula is C19H28NO5P. The SMILES string of the molecule is CN1CCC2CCC(OP3OCCO3)=CC21.COc1ccccc1OC. The Balaban J connectivity index is 0.000000170. The van der Waals surface area contributed by atoms with Gasteiger partial charge < -0.3 is 23.0 Å². The number of fused-ring (bicyclic) bond motifs is 1. The number of para-hydroxylation sites is 2. The zero-order chi connectivity index (χ0) is 18.4. The van der Waals surface area contributed by atoms with Crippen LogP contribution in [0, 0.1) is 5.92 Å². The predicted molar refractivity (Wildman–Crippen MR) is 101 cm³/mol. The van der Waals surface area contributed by atoms with Crippen LogP contribution in [0.3, 0.4) is 0 Å². The minimum atomic E-state index is -1.09. The molecule has 1 aliphatic carbocycles. The first-order chi connectivity index (χ1) is 12.7. The monoisotopic (exact) mass is 381 g/mol. The highest BCUT2D eigenvalue weighted by atomic mass is 31.2. The molecule has 0 saturated carbocycles. The summed E-state index contributed by atoms with van der Waals surface area (Å²) in [5, 5.41) is 0. The van der Waals surface area contributed by atoms with Gasteiger partial charge in [0.25, 0.3) is 0 Å². The minimum absolute atomic E-state index is 0.571. The Morgan fingerprint density at radius 3 is 2.31 bits per heavy atom. The summed E-state index contributed by atoms with van der Waals surface area (Å²) in [6, 6.07) is 8.10. The van der Waals surface area contributed by atoms with Crippen molar-refractivity contribution in [3.63, 3.8) is 0 Å². The Hall–Kier alpha value is -1.33. The van der Waals surface area contributed by atoms with Crippen molar-refractivity contribution in [2.24, 2.45) is 5.92 Å². The quantitative estimate of drug-likeness (QED) is 0.736. The van der Waals surface area contributed by atoms with E-state index in [4.69, 9.17) is 23.0 Å². The van der Waals surface area contributed by atoms with E-state index in [-0.39, 0.29) is 0 Å². The lowest BCUT2D eigenvalue weighted by molar-refractivity contribution is 0.251. The topological polar surface area (TPSA) is 49.4 Å². The van der Waals surface area contributed by atoms with Crippen molar-refractivity contribution in [1.82, 2.24) is 4.90 Å². The third-order valence-electron chi connectivity index (χ3n) is 4.92. The number of allylic oxidation sites excluding steroid dienone is 1. The van der Waals surface area contributed by atoms with E-state index in [0.717, 1.165) is 29.6 Å². The Labute approximate surface area is 157 Å². The third kappa shape index (κ3) is 4.89. The van der Waals surface area contributed by atoms with Gasteiger partial charge in [0.2, 0.25) is 0 Å². The molecule has 1 aromatic rings. The van der Waals surface area contributed by atoms with Gasteiger partial charge in [-0.2, -0.15) is 0 Å². The number of benzene rings is 1. The Morgan fingerprint density at radius 2 is 1.69 bits per heavy atom. The maximum Gasteiger partial charge on any atom is 0.397 e. The Kier molecular flexibility index (Phi) is 7.15. The molecule has 0 N–H and O–H groups in total. The van der Waals surface area contributed by atoms with Gasteiger partial charge in [0.1, 0.15) is 5.76 Å². The van der Waals surface area contributed by atoms with Crippen LogP contribution in [0.15, 0.2) is 36.1 Å². The zero-order valence-electron chi connectivity index (χ0n) is 15.7. The molecule has 0 bridgehead atoms. The summed E-state index contributed by atoms with van der Waals surface area (Å²) in [6.07, 6.45) is 5.88. The van der Waals surface area contributed by atoms with Crippen molar-refractivity contribution in [1.29, 1.82) is 0 Å². The standard InChI is InChI=1S/C11H18NO3P.C8H10O2/c1-12-5-4-9-2-3-10(8-11(9)12)15-16-13-6-7-14-16;1-9-7-5-3-4-6-8(7)10-2/h8-9,11H,2-7H2,1H3;3-6H,1-2H3. The van der Waals surface area contributed by atoms with E-state index < -0.39 is 8.60 Å². The fourth-order valence-electron chi connectivity index (χ4n) is 3.50. The fourth-order valence-corrected chi connectivity index (χ4v) is 4.47. The first kappa shape index (κ1) is 19.4. The van der Waals surface area contributed by atoms with Crippen LogP contribution in [-0.4, -0.2) is 52.0 Å². The molecule has 2 aliphatic heterocycles. The summed E-state index contributed by atoms with van der Waals surface area (Å²) < 4.78 is 26.5. The van der Waals surface area contributed by atoms with Gasteiger partial charge in [0.05, 0.1) is 27.4 Å². The van der Waals surface area contributed by atoms with Gasteiger partial charge in [-0.15, -0.1) is 0 Å². The van der Waals surface area contributed by atoms with Crippen LogP contribution in [0.1, 0.15) is 19.3 Å². The zero-order valence-corrected chi connectivity index (χ0v) is 16.6. The van der Waals surface area contributed by atoms with Gasteiger partial charge in [-0.25, -0.2) is 0 Å². The van der Waals surface area contributed by atoms with Crippen molar-refractivity contribution < 1.29 is 23.0 Å². The second-order valence-electron chi connectivity index (χ2n) is 6.53. The number of likely N-dealkylation sites (N-methyl/N-ethyl adjacent to an activating group) is 1. The molecule has 0 radical (unpaired) electrons. The molecule has 144 valence electrons. The molecule has 6 nitrogen and oxygen atoms in total. The number of ether oxygens (including phenoxy) is 2. The van der Waals surface area contributed by atoms with E-state index in [0.29, 0.717) is 19.3 Å². The number of hydrogen-bond donors (Lipinski definition) is 0. The summed E-state index contributed by atoms with van der Waals surface area (Å²) in [5.41, 5.74) is 0. The Bertz CT molecular complexity index is 582. The van der Waals surface area contributed by atoms with Crippen LogP contribution < -0.4 is 9.47 Å². The van der Waals surface area contributed by atoms with Gasteiger partial charge in [-0.3, -0.25) is 4.90 Å². The lowest BCUT2D eigenvalue weighted by Crippen LogP contribution is -2.30. The van der Waals surface area contributed by atoms with Gasteiger partial charge in [-0.1, -0.05) is 12.1 Å². The third-order valence-corrected chi connectivity index (χ3v) is 6.09. The first-order valence-corrected chi connectivity index (χ1v) is 10.1. The van der Waals surface area contributed by atoms with Crippen LogP contribution >= 0.6 is 8.60 Å². The van der Waals surface area contributed by atoms with Gasteiger partial charge in [0, 0.05) is 12.5 Å².